The molecule has 2 aromatic carbocycles. The molecular weight excluding hydrogens is 268 g/mol. The maximum absolute atomic E-state index is 2.55. The minimum absolute atomic E-state index is 0.653. The van der Waals surface area contributed by atoms with Gasteiger partial charge in [-0.25, -0.2) is 0 Å². The SMILES string of the molecule is CN(C)c1ccc2cc(C3=CC4CCC(C3)N4C)ccc2c1. The Labute approximate surface area is 133 Å². The minimum Gasteiger partial charge on any atom is -0.378 e. The highest BCUT2D eigenvalue weighted by Crippen LogP contribution is 2.38. The van der Waals surface area contributed by atoms with Crippen LogP contribution in [0.25, 0.3) is 16.3 Å². The third kappa shape index (κ3) is 2.22. The topological polar surface area (TPSA) is 6.48 Å². The van der Waals surface area contributed by atoms with E-state index < -0.39 is 0 Å². The van der Waals surface area contributed by atoms with Gasteiger partial charge in [-0.2, -0.15) is 0 Å². The summed E-state index contributed by atoms with van der Waals surface area (Å²) in [7, 11) is 6.46. The molecule has 1 saturated heterocycles. The number of hydrogen-bond acceptors (Lipinski definition) is 2. The van der Waals surface area contributed by atoms with E-state index in [9.17, 15) is 0 Å². The van der Waals surface area contributed by atoms with Crippen molar-refractivity contribution in [1.29, 1.82) is 0 Å². The highest BCUT2D eigenvalue weighted by atomic mass is 15.2. The summed E-state index contributed by atoms with van der Waals surface area (Å²) in [6.45, 7) is 0. The van der Waals surface area contributed by atoms with Crippen LogP contribution in [0.2, 0.25) is 0 Å². The van der Waals surface area contributed by atoms with Crippen LogP contribution in [-0.4, -0.2) is 38.1 Å². The fourth-order valence-electron chi connectivity index (χ4n) is 3.97. The summed E-state index contributed by atoms with van der Waals surface area (Å²) in [5, 5.41) is 2.67. The van der Waals surface area contributed by atoms with Gasteiger partial charge in [-0.1, -0.05) is 24.3 Å². The fourth-order valence-corrected chi connectivity index (χ4v) is 3.97. The van der Waals surface area contributed by atoms with Crippen molar-refractivity contribution in [2.24, 2.45) is 0 Å². The molecule has 4 rings (SSSR count). The van der Waals surface area contributed by atoms with Gasteiger partial charge in [-0.15, -0.1) is 0 Å². The van der Waals surface area contributed by atoms with Gasteiger partial charge < -0.3 is 4.90 Å². The predicted octanol–water partition coefficient (Wildman–Crippen LogP) is 4.16. The zero-order valence-electron chi connectivity index (χ0n) is 13.7. The van der Waals surface area contributed by atoms with Crippen molar-refractivity contribution in [3.05, 3.63) is 48.0 Å². The highest BCUT2D eigenvalue weighted by Gasteiger charge is 2.33. The van der Waals surface area contributed by atoms with E-state index in [2.05, 4.69) is 73.4 Å². The average molecular weight is 292 g/mol. The molecule has 0 aliphatic carbocycles. The monoisotopic (exact) mass is 292 g/mol. The smallest absolute Gasteiger partial charge is 0.0367 e. The molecule has 2 unspecified atom stereocenters. The Balaban J connectivity index is 1.71. The molecule has 0 saturated carbocycles. The molecule has 2 atom stereocenters. The zero-order valence-corrected chi connectivity index (χ0v) is 13.7. The van der Waals surface area contributed by atoms with E-state index in [1.807, 2.05) is 0 Å². The van der Waals surface area contributed by atoms with Gasteiger partial charge in [0.15, 0.2) is 0 Å². The Morgan fingerprint density at radius 3 is 2.55 bits per heavy atom. The molecule has 2 heterocycles. The van der Waals surface area contributed by atoms with Crippen molar-refractivity contribution in [3.63, 3.8) is 0 Å². The van der Waals surface area contributed by atoms with Crippen LogP contribution < -0.4 is 4.90 Å². The molecule has 2 nitrogen and oxygen atoms in total. The van der Waals surface area contributed by atoms with Crippen molar-refractivity contribution in [3.8, 4) is 0 Å². The van der Waals surface area contributed by atoms with Crippen LogP contribution in [0.15, 0.2) is 42.5 Å². The first-order chi connectivity index (χ1) is 10.6. The van der Waals surface area contributed by atoms with Crippen LogP contribution in [0.4, 0.5) is 5.69 Å². The number of anilines is 1. The summed E-state index contributed by atoms with van der Waals surface area (Å²) in [5.74, 6) is 0. The van der Waals surface area contributed by atoms with Crippen LogP contribution in [0.5, 0.6) is 0 Å². The normalized spacial score (nSPS) is 24.6. The number of fused-ring (bicyclic) bond motifs is 3. The highest BCUT2D eigenvalue weighted by molar-refractivity contribution is 5.89. The van der Waals surface area contributed by atoms with Gasteiger partial charge in [0.25, 0.3) is 0 Å². The molecule has 114 valence electrons. The van der Waals surface area contributed by atoms with Crippen molar-refractivity contribution in [2.75, 3.05) is 26.0 Å². The molecule has 2 aliphatic heterocycles. The standard InChI is InChI=1S/C20H24N2/c1-21(2)18-7-6-14-10-15(4-5-16(14)11-18)17-12-19-8-9-20(13-17)22(19)3/h4-7,10-12,19-20H,8-9,13H2,1-3H3. The summed E-state index contributed by atoms with van der Waals surface area (Å²) in [6, 6.07) is 15.1. The van der Waals surface area contributed by atoms with Crippen LogP contribution >= 0.6 is 0 Å². The molecule has 2 aromatic rings. The molecule has 0 amide bonds. The van der Waals surface area contributed by atoms with Gasteiger partial charge in [-0.05, 0) is 66.4 Å². The lowest BCUT2D eigenvalue weighted by molar-refractivity contribution is 0.264. The first kappa shape index (κ1) is 13.8. The Kier molecular flexibility index (Phi) is 3.23. The van der Waals surface area contributed by atoms with Crippen molar-refractivity contribution in [2.45, 2.75) is 31.3 Å². The maximum atomic E-state index is 2.55. The van der Waals surface area contributed by atoms with Crippen LogP contribution in [-0.2, 0) is 0 Å². The predicted molar refractivity (Wildman–Crippen MR) is 95.4 cm³/mol. The lowest BCUT2D eigenvalue weighted by Crippen LogP contribution is -2.34. The van der Waals surface area contributed by atoms with Gasteiger partial charge >= 0.3 is 0 Å². The molecule has 0 N–H and O–H groups in total. The Morgan fingerprint density at radius 2 is 1.77 bits per heavy atom. The largest absolute Gasteiger partial charge is 0.378 e. The summed E-state index contributed by atoms with van der Waals surface area (Å²) in [6.07, 6.45) is 6.37. The molecule has 0 spiro atoms. The number of likely N-dealkylation sites (N-methyl/N-ethyl adjacent to an activating group) is 1. The third-order valence-electron chi connectivity index (χ3n) is 5.45. The van der Waals surface area contributed by atoms with Crippen molar-refractivity contribution < 1.29 is 0 Å². The van der Waals surface area contributed by atoms with E-state index >= 15 is 0 Å². The van der Waals surface area contributed by atoms with E-state index in [4.69, 9.17) is 0 Å². The summed E-state index contributed by atoms with van der Waals surface area (Å²) >= 11 is 0. The Bertz CT molecular complexity index is 744. The zero-order chi connectivity index (χ0) is 15.3. The minimum atomic E-state index is 0.653. The molecule has 2 bridgehead atoms. The number of rotatable bonds is 2. The molecule has 1 fully saturated rings. The molecule has 22 heavy (non-hydrogen) atoms. The van der Waals surface area contributed by atoms with E-state index in [1.54, 1.807) is 5.57 Å². The lowest BCUT2D eigenvalue weighted by atomic mass is 9.93. The van der Waals surface area contributed by atoms with Gasteiger partial charge in [0.1, 0.15) is 0 Å². The van der Waals surface area contributed by atoms with Gasteiger partial charge in [-0.3, -0.25) is 4.90 Å². The lowest BCUT2D eigenvalue weighted by Gasteiger charge is -2.30. The van der Waals surface area contributed by atoms with E-state index in [-0.39, 0.29) is 0 Å². The number of benzene rings is 2. The third-order valence-corrected chi connectivity index (χ3v) is 5.45. The summed E-state index contributed by atoms with van der Waals surface area (Å²) in [5.41, 5.74) is 4.22. The first-order valence-corrected chi connectivity index (χ1v) is 8.26. The van der Waals surface area contributed by atoms with Crippen LogP contribution in [0, 0.1) is 0 Å². The number of nitrogens with zero attached hydrogens (tertiary/aromatic N) is 2. The molecule has 2 aliphatic rings. The van der Waals surface area contributed by atoms with Crippen molar-refractivity contribution in [1.82, 2.24) is 4.90 Å². The van der Waals surface area contributed by atoms with Crippen molar-refractivity contribution >= 4 is 22.0 Å². The number of hydrogen-bond donors (Lipinski definition) is 0. The van der Waals surface area contributed by atoms with E-state index in [0.29, 0.717) is 6.04 Å². The maximum Gasteiger partial charge on any atom is 0.0367 e. The van der Waals surface area contributed by atoms with Crippen LogP contribution in [0.3, 0.4) is 0 Å². The second kappa shape index (κ2) is 5.13. The molecule has 2 heteroatoms. The summed E-state index contributed by atoms with van der Waals surface area (Å²) in [4.78, 5) is 4.71. The van der Waals surface area contributed by atoms with Gasteiger partial charge in [0.2, 0.25) is 0 Å². The second-order valence-corrected chi connectivity index (χ2v) is 7.00. The molecule has 0 radical (unpaired) electrons. The van der Waals surface area contributed by atoms with Crippen LogP contribution in [0.1, 0.15) is 24.8 Å². The Hall–Kier alpha value is -1.80. The quantitative estimate of drug-likeness (QED) is 0.820. The summed E-state index contributed by atoms with van der Waals surface area (Å²) < 4.78 is 0. The first-order valence-electron chi connectivity index (χ1n) is 8.26. The Morgan fingerprint density at radius 1 is 1.00 bits per heavy atom. The second-order valence-electron chi connectivity index (χ2n) is 7.00. The molecule has 0 aromatic heterocycles. The molecular formula is C20H24N2. The van der Waals surface area contributed by atoms with E-state index in [0.717, 1.165) is 6.04 Å². The van der Waals surface area contributed by atoms with Gasteiger partial charge in [0, 0.05) is 31.9 Å². The van der Waals surface area contributed by atoms with Gasteiger partial charge in [0.05, 0.1) is 0 Å². The average Bonchev–Trinajstić information content (AvgIpc) is 2.75. The fraction of sp³-hybridized carbons (Fsp3) is 0.400. The van der Waals surface area contributed by atoms with E-state index in [1.165, 1.54) is 41.3 Å².